The van der Waals surface area contributed by atoms with Crippen molar-refractivity contribution in [2.24, 2.45) is 0 Å². The molecule has 1 amide bonds. The molecule has 180 valence electrons. The van der Waals surface area contributed by atoms with E-state index in [1.807, 2.05) is 33.8 Å². The third-order valence-electron chi connectivity index (χ3n) is 5.91. The lowest BCUT2D eigenvalue weighted by Gasteiger charge is -2.26. The van der Waals surface area contributed by atoms with Crippen LogP contribution in [0.1, 0.15) is 50.4 Å². The van der Waals surface area contributed by atoms with Gasteiger partial charge in [0.15, 0.2) is 0 Å². The van der Waals surface area contributed by atoms with Crippen LogP contribution in [-0.2, 0) is 15.0 Å². The lowest BCUT2D eigenvalue weighted by atomic mass is 9.84. The fraction of sp³-hybridized carbons (Fsp3) is 0.250. The summed E-state index contributed by atoms with van der Waals surface area (Å²) in [6, 6.07) is 14.6. The first kappa shape index (κ1) is 24.5. The highest BCUT2D eigenvalue weighted by molar-refractivity contribution is 6.51. The van der Waals surface area contributed by atoms with Crippen LogP contribution >= 0.6 is 11.6 Å². The van der Waals surface area contributed by atoms with Crippen LogP contribution in [0.2, 0.25) is 5.02 Å². The Balaban J connectivity index is 1.94. The number of carbonyl (C=O) groups is 2. The molecule has 6 nitrogen and oxygen atoms in total. The smallest absolute Gasteiger partial charge is 0.300 e. The molecule has 2 aromatic carbocycles. The highest BCUT2D eigenvalue weighted by Crippen LogP contribution is 2.43. The molecular weight excluding hydrogens is 464 g/mol. The Morgan fingerprint density at radius 1 is 1.09 bits per heavy atom. The summed E-state index contributed by atoms with van der Waals surface area (Å²) >= 11 is 6.19. The largest absolute Gasteiger partial charge is 0.507 e. The number of ketones is 1. The topological polar surface area (TPSA) is 79.7 Å². The number of carbonyl (C=O) groups excluding carboxylic acids is 2. The fourth-order valence-electron chi connectivity index (χ4n) is 4.29. The van der Waals surface area contributed by atoms with E-state index in [0.717, 1.165) is 5.56 Å². The van der Waals surface area contributed by atoms with E-state index in [0.29, 0.717) is 34.2 Å². The Kier molecular flexibility index (Phi) is 6.68. The molecule has 1 fully saturated rings. The molecule has 1 N–H and O–H groups in total. The van der Waals surface area contributed by atoms with Gasteiger partial charge in [0.2, 0.25) is 0 Å². The second-order valence-corrected chi connectivity index (χ2v) is 9.76. The van der Waals surface area contributed by atoms with Crippen LogP contribution in [0.4, 0.5) is 5.69 Å². The molecule has 35 heavy (non-hydrogen) atoms. The van der Waals surface area contributed by atoms with Gasteiger partial charge in [-0.3, -0.25) is 19.5 Å². The minimum atomic E-state index is -0.846. The number of halogens is 1. The quantitative estimate of drug-likeness (QED) is 0.267. The molecule has 0 aliphatic carbocycles. The zero-order valence-electron chi connectivity index (χ0n) is 20.1. The van der Waals surface area contributed by atoms with Crippen LogP contribution in [-0.4, -0.2) is 28.4 Å². The Morgan fingerprint density at radius 3 is 2.43 bits per heavy atom. The maximum absolute atomic E-state index is 13.3. The number of nitrogens with zero attached hydrogens (tertiary/aromatic N) is 2. The molecule has 1 aliphatic rings. The molecule has 1 atom stereocenters. The standard InChI is InChI=1S/C28H27ClN2O4/c1-5-35-22-10-9-18(15-21(22)28(2,3)4)25(32)23-24(17-11-13-30-14-12-17)31(27(34)26(23)33)20-8-6-7-19(29)16-20/h6-16,24,32H,5H2,1-4H3/b25-23-. The normalized spacial score (nSPS) is 17.6. The number of aliphatic hydroxyl groups excluding tert-OH is 1. The minimum Gasteiger partial charge on any atom is -0.507 e. The van der Waals surface area contributed by atoms with Crippen LogP contribution in [0.15, 0.2) is 72.6 Å². The van der Waals surface area contributed by atoms with E-state index >= 15 is 0 Å². The number of benzene rings is 2. The molecule has 3 aromatic rings. The molecule has 4 rings (SSSR count). The summed E-state index contributed by atoms with van der Waals surface area (Å²) in [5.41, 5.74) is 2.14. The van der Waals surface area contributed by atoms with E-state index in [-0.39, 0.29) is 16.7 Å². The highest BCUT2D eigenvalue weighted by Gasteiger charge is 2.47. The monoisotopic (exact) mass is 490 g/mol. The summed E-state index contributed by atoms with van der Waals surface area (Å²) in [6.07, 6.45) is 3.17. The van der Waals surface area contributed by atoms with E-state index in [1.165, 1.54) is 4.90 Å². The van der Waals surface area contributed by atoms with Crippen molar-refractivity contribution in [1.82, 2.24) is 4.98 Å². The number of rotatable bonds is 5. The molecule has 1 aliphatic heterocycles. The molecule has 2 heterocycles. The molecule has 0 bridgehead atoms. The fourth-order valence-corrected chi connectivity index (χ4v) is 4.47. The molecule has 1 saturated heterocycles. The lowest BCUT2D eigenvalue weighted by Crippen LogP contribution is -2.29. The Morgan fingerprint density at radius 2 is 1.80 bits per heavy atom. The van der Waals surface area contributed by atoms with Gasteiger partial charge in [-0.25, -0.2) is 0 Å². The van der Waals surface area contributed by atoms with Crippen molar-refractivity contribution in [3.05, 3.63) is 94.3 Å². The van der Waals surface area contributed by atoms with E-state index in [9.17, 15) is 14.7 Å². The average Bonchev–Trinajstić information content (AvgIpc) is 3.09. The third-order valence-corrected chi connectivity index (χ3v) is 6.15. The van der Waals surface area contributed by atoms with Gasteiger partial charge in [0.1, 0.15) is 11.5 Å². The number of hydrogen-bond donors (Lipinski definition) is 1. The number of amides is 1. The van der Waals surface area contributed by atoms with Gasteiger partial charge in [0.05, 0.1) is 18.2 Å². The summed E-state index contributed by atoms with van der Waals surface area (Å²) < 4.78 is 5.79. The highest BCUT2D eigenvalue weighted by atomic mass is 35.5. The number of hydrogen-bond acceptors (Lipinski definition) is 5. The van der Waals surface area contributed by atoms with Gasteiger partial charge in [-0.1, -0.05) is 38.4 Å². The number of Topliss-reactive ketones (excluding diaryl/α,β-unsaturated/α-hetero) is 1. The van der Waals surface area contributed by atoms with Crippen LogP contribution in [0.5, 0.6) is 5.75 Å². The van der Waals surface area contributed by atoms with Gasteiger partial charge in [-0.2, -0.15) is 0 Å². The Bertz CT molecular complexity index is 1310. The van der Waals surface area contributed by atoms with Crippen LogP contribution in [0.3, 0.4) is 0 Å². The molecule has 1 unspecified atom stereocenters. The predicted octanol–water partition coefficient (Wildman–Crippen LogP) is 6.06. The predicted molar refractivity (Wildman–Crippen MR) is 137 cm³/mol. The van der Waals surface area contributed by atoms with Crippen LogP contribution in [0.25, 0.3) is 5.76 Å². The summed E-state index contributed by atoms with van der Waals surface area (Å²) in [6.45, 7) is 8.55. The Labute approximate surface area is 209 Å². The van der Waals surface area contributed by atoms with Crippen molar-refractivity contribution in [1.29, 1.82) is 0 Å². The average molecular weight is 491 g/mol. The zero-order chi connectivity index (χ0) is 25.3. The Hall–Kier alpha value is -3.64. The lowest BCUT2D eigenvalue weighted by molar-refractivity contribution is -0.132. The number of aliphatic hydroxyl groups is 1. The third kappa shape index (κ3) is 4.66. The van der Waals surface area contributed by atoms with Crippen molar-refractivity contribution in [3.63, 3.8) is 0 Å². The summed E-state index contributed by atoms with van der Waals surface area (Å²) in [5, 5.41) is 11.9. The van der Waals surface area contributed by atoms with E-state index in [1.54, 1.807) is 60.9 Å². The molecule has 1 aromatic heterocycles. The zero-order valence-corrected chi connectivity index (χ0v) is 20.8. The summed E-state index contributed by atoms with van der Waals surface area (Å²) in [5.74, 6) is -1.04. The molecule has 0 radical (unpaired) electrons. The van der Waals surface area contributed by atoms with Gasteiger partial charge in [-0.05, 0) is 66.4 Å². The van der Waals surface area contributed by atoms with Crippen molar-refractivity contribution in [3.8, 4) is 5.75 Å². The molecular formula is C28H27ClN2O4. The molecule has 7 heteroatoms. The first-order valence-electron chi connectivity index (χ1n) is 11.4. The van der Waals surface area contributed by atoms with Gasteiger partial charge in [-0.15, -0.1) is 0 Å². The number of pyridine rings is 1. The van der Waals surface area contributed by atoms with E-state index in [4.69, 9.17) is 16.3 Å². The number of ether oxygens (including phenoxy) is 1. The second-order valence-electron chi connectivity index (χ2n) is 9.32. The second kappa shape index (κ2) is 9.55. The van der Waals surface area contributed by atoms with Gasteiger partial charge in [0.25, 0.3) is 11.7 Å². The van der Waals surface area contributed by atoms with Crippen LogP contribution in [0, 0.1) is 0 Å². The summed E-state index contributed by atoms with van der Waals surface area (Å²) in [7, 11) is 0. The SMILES string of the molecule is CCOc1ccc(/C(O)=C2/C(=O)C(=O)N(c3cccc(Cl)c3)C2c2ccncc2)cc1C(C)(C)C. The minimum absolute atomic E-state index is 0.00481. The first-order chi connectivity index (χ1) is 16.6. The summed E-state index contributed by atoms with van der Waals surface area (Å²) in [4.78, 5) is 32.0. The maximum atomic E-state index is 13.3. The van der Waals surface area contributed by atoms with E-state index in [2.05, 4.69) is 4.98 Å². The number of anilines is 1. The van der Waals surface area contributed by atoms with Gasteiger partial charge >= 0.3 is 0 Å². The number of aromatic nitrogens is 1. The van der Waals surface area contributed by atoms with Crippen molar-refractivity contribution in [2.75, 3.05) is 11.5 Å². The molecule has 0 spiro atoms. The first-order valence-corrected chi connectivity index (χ1v) is 11.8. The van der Waals surface area contributed by atoms with Gasteiger partial charge in [0, 0.05) is 34.2 Å². The van der Waals surface area contributed by atoms with Crippen LogP contribution < -0.4 is 9.64 Å². The van der Waals surface area contributed by atoms with Crippen molar-refractivity contribution in [2.45, 2.75) is 39.2 Å². The molecule has 0 saturated carbocycles. The van der Waals surface area contributed by atoms with E-state index < -0.39 is 17.7 Å². The van der Waals surface area contributed by atoms with Crippen molar-refractivity contribution < 1.29 is 19.4 Å². The van der Waals surface area contributed by atoms with Gasteiger partial charge < -0.3 is 9.84 Å². The van der Waals surface area contributed by atoms with Crippen molar-refractivity contribution >= 4 is 34.7 Å². The maximum Gasteiger partial charge on any atom is 0.300 e.